The van der Waals surface area contributed by atoms with Gasteiger partial charge in [-0.15, -0.1) is 0 Å². The third kappa shape index (κ3) is 4.24. The Kier molecular flexibility index (Phi) is 5.88. The molecule has 5 nitrogen and oxygen atoms in total. The number of sulfone groups is 1. The van der Waals surface area contributed by atoms with Gasteiger partial charge in [-0.2, -0.15) is 0 Å². The third-order valence-electron chi connectivity index (χ3n) is 5.89. The minimum absolute atomic E-state index is 0.0689. The Labute approximate surface area is 183 Å². The Morgan fingerprint density at radius 1 is 0.871 bits per heavy atom. The van der Waals surface area contributed by atoms with Crippen molar-refractivity contribution >= 4 is 9.84 Å². The molecule has 1 atom stereocenters. The summed E-state index contributed by atoms with van der Waals surface area (Å²) in [5.41, 5.74) is 1.28. The number of hydrogen-bond acceptors (Lipinski definition) is 5. The highest BCUT2D eigenvalue weighted by molar-refractivity contribution is 7.91. The van der Waals surface area contributed by atoms with Gasteiger partial charge in [-0.3, -0.25) is 4.90 Å². The van der Waals surface area contributed by atoms with Gasteiger partial charge in [0.2, 0.25) is 0 Å². The Morgan fingerprint density at radius 3 is 1.84 bits per heavy atom. The van der Waals surface area contributed by atoms with E-state index in [-0.39, 0.29) is 19.1 Å². The number of nitrogens with zero attached hydrogens (tertiary/aromatic N) is 1. The Hall–Kier alpha value is -2.67. The molecular formula is C25H27NO4S. The van der Waals surface area contributed by atoms with Crippen molar-refractivity contribution in [1.29, 1.82) is 0 Å². The minimum atomic E-state index is -3.60. The standard InChI is InChI=1S/C25H27NO4S/c1-30-22-16-10-9-15-21(22)24(31(2,28)29)25(27)17-26(18-25)23(19-11-5-3-6-12-19)20-13-7-4-8-14-20/h3-16,23-24,27H,17-18H2,1-2H3. The van der Waals surface area contributed by atoms with Gasteiger partial charge in [0.1, 0.15) is 16.6 Å². The summed E-state index contributed by atoms with van der Waals surface area (Å²) in [5.74, 6) is 0.465. The SMILES string of the molecule is COc1ccccc1C(C1(O)CN(C(c2ccccc2)c2ccccc2)C1)S(C)(=O)=O. The second-order valence-electron chi connectivity index (χ2n) is 8.18. The molecule has 6 heteroatoms. The summed E-state index contributed by atoms with van der Waals surface area (Å²) in [6.07, 6.45) is 1.18. The first kappa shape index (κ1) is 21.6. The molecule has 1 N–H and O–H groups in total. The largest absolute Gasteiger partial charge is 0.496 e. The van der Waals surface area contributed by atoms with Crippen molar-refractivity contribution in [2.75, 3.05) is 26.5 Å². The molecule has 0 radical (unpaired) electrons. The van der Waals surface area contributed by atoms with Crippen LogP contribution < -0.4 is 4.74 Å². The van der Waals surface area contributed by atoms with Gasteiger partial charge in [-0.1, -0.05) is 78.9 Å². The van der Waals surface area contributed by atoms with E-state index in [1.807, 2.05) is 36.4 Å². The number of likely N-dealkylation sites (tertiary alicyclic amines) is 1. The fraction of sp³-hybridized carbons (Fsp3) is 0.280. The Bertz CT molecular complexity index is 1090. The second kappa shape index (κ2) is 8.46. The molecule has 1 fully saturated rings. The number of aliphatic hydroxyl groups is 1. The van der Waals surface area contributed by atoms with Crippen molar-refractivity contribution in [1.82, 2.24) is 4.90 Å². The van der Waals surface area contributed by atoms with E-state index in [0.29, 0.717) is 11.3 Å². The van der Waals surface area contributed by atoms with Crippen molar-refractivity contribution in [3.63, 3.8) is 0 Å². The van der Waals surface area contributed by atoms with Crippen LogP contribution in [0.5, 0.6) is 5.75 Å². The molecule has 1 aliphatic heterocycles. The summed E-state index contributed by atoms with van der Waals surface area (Å²) in [5, 5.41) is 10.4. The number of hydrogen-bond donors (Lipinski definition) is 1. The highest BCUT2D eigenvalue weighted by atomic mass is 32.2. The van der Waals surface area contributed by atoms with E-state index in [0.717, 1.165) is 11.1 Å². The van der Waals surface area contributed by atoms with E-state index in [1.54, 1.807) is 24.3 Å². The van der Waals surface area contributed by atoms with Crippen LogP contribution in [0.1, 0.15) is 28.0 Å². The number of para-hydroxylation sites is 1. The van der Waals surface area contributed by atoms with Crippen molar-refractivity contribution in [2.45, 2.75) is 16.9 Å². The number of β-amino-alcohol motifs (C(OH)–C–C–N with tert-alkyl or cyclic N) is 1. The van der Waals surface area contributed by atoms with E-state index in [1.165, 1.54) is 13.4 Å². The van der Waals surface area contributed by atoms with Crippen LogP contribution in [0.4, 0.5) is 0 Å². The predicted molar refractivity (Wildman–Crippen MR) is 122 cm³/mol. The lowest BCUT2D eigenvalue weighted by Crippen LogP contribution is -2.66. The molecule has 3 aromatic rings. The van der Waals surface area contributed by atoms with Crippen molar-refractivity contribution < 1.29 is 18.3 Å². The minimum Gasteiger partial charge on any atom is -0.496 e. The van der Waals surface area contributed by atoms with Crippen molar-refractivity contribution in [2.24, 2.45) is 0 Å². The molecular weight excluding hydrogens is 410 g/mol. The van der Waals surface area contributed by atoms with Crippen LogP contribution in [0, 0.1) is 0 Å². The van der Waals surface area contributed by atoms with Gasteiger partial charge in [-0.05, 0) is 17.2 Å². The maximum Gasteiger partial charge on any atom is 0.157 e. The quantitative estimate of drug-likeness (QED) is 0.612. The Morgan fingerprint density at radius 2 is 1.35 bits per heavy atom. The molecule has 1 heterocycles. The zero-order valence-electron chi connectivity index (χ0n) is 17.7. The lowest BCUT2D eigenvalue weighted by molar-refractivity contribution is -0.113. The molecule has 0 aromatic heterocycles. The van der Waals surface area contributed by atoms with Gasteiger partial charge in [0.15, 0.2) is 9.84 Å². The first-order valence-corrected chi connectivity index (χ1v) is 12.2. The monoisotopic (exact) mass is 437 g/mol. The van der Waals surface area contributed by atoms with Gasteiger partial charge in [-0.25, -0.2) is 8.42 Å². The van der Waals surface area contributed by atoms with E-state index in [4.69, 9.17) is 4.74 Å². The molecule has 0 bridgehead atoms. The lowest BCUT2D eigenvalue weighted by atomic mass is 9.82. The summed E-state index contributed by atoms with van der Waals surface area (Å²) in [7, 11) is -2.09. The Balaban J connectivity index is 1.69. The summed E-state index contributed by atoms with van der Waals surface area (Å²) < 4.78 is 31.1. The van der Waals surface area contributed by atoms with Gasteiger partial charge in [0.05, 0.1) is 13.2 Å². The molecule has 162 valence electrons. The molecule has 0 saturated carbocycles. The number of ether oxygens (including phenoxy) is 1. The molecule has 0 amide bonds. The molecule has 1 aliphatic rings. The molecule has 1 unspecified atom stereocenters. The van der Waals surface area contributed by atoms with E-state index < -0.39 is 20.7 Å². The molecule has 0 spiro atoms. The van der Waals surface area contributed by atoms with Gasteiger partial charge < -0.3 is 9.84 Å². The van der Waals surface area contributed by atoms with Crippen molar-refractivity contribution in [3.05, 3.63) is 102 Å². The highest BCUT2D eigenvalue weighted by Crippen LogP contribution is 2.46. The maximum absolute atomic E-state index is 12.8. The average Bonchev–Trinajstić information content (AvgIpc) is 2.74. The van der Waals surface area contributed by atoms with E-state index >= 15 is 0 Å². The van der Waals surface area contributed by atoms with Crippen LogP contribution in [0.2, 0.25) is 0 Å². The molecule has 4 rings (SSSR count). The maximum atomic E-state index is 12.8. The smallest absolute Gasteiger partial charge is 0.157 e. The zero-order valence-corrected chi connectivity index (χ0v) is 18.5. The molecule has 1 saturated heterocycles. The summed E-state index contributed by atoms with van der Waals surface area (Å²) in [6, 6.07) is 27.1. The summed E-state index contributed by atoms with van der Waals surface area (Å²) >= 11 is 0. The first-order valence-electron chi connectivity index (χ1n) is 10.2. The summed E-state index contributed by atoms with van der Waals surface area (Å²) in [6.45, 7) is 0.467. The van der Waals surface area contributed by atoms with Gasteiger partial charge >= 0.3 is 0 Å². The average molecular weight is 438 g/mol. The predicted octanol–water partition coefficient (Wildman–Crippen LogP) is 3.62. The summed E-state index contributed by atoms with van der Waals surface area (Å²) in [4.78, 5) is 2.12. The normalized spacial score (nSPS) is 17.2. The van der Waals surface area contributed by atoms with Crippen molar-refractivity contribution in [3.8, 4) is 5.75 Å². The van der Waals surface area contributed by atoms with Crippen LogP contribution in [0.15, 0.2) is 84.9 Å². The lowest BCUT2D eigenvalue weighted by Gasteiger charge is -2.53. The first-order chi connectivity index (χ1) is 14.8. The highest BCUT2D eigenvalue weighted by Gasteiger charge is 2.54. The fourth-order valence-corrected chi connectivity index (χ4v) is 6.29. The topological polar surface area (TPSA) is 66.8 Å². The third-order valence-corrected chi connectivity index (χ3v) is 7.44. The van der Waals surface area contributed by atoms with Crippen LogP contribution in [0.3, 0.4) is 0 Å². The van der Waals surface area contributed by atoms with E-state index in [9.17, 15) is 13.5 Å². The van der Waals surface area contributed by atoms with Crippen LogP contribution in [-0.4, -0.2) is 50.5 Å². The van der Waals surface area contributed by atoms with Gasteiger partial charge in [0.25, 0.3) is 0 Å². The molecule has 0 aliphatic carbocycles. The van der Waals surface area contributed by atoms with Crippen LogP contribution in [-0.2, 0) is 9.84 Å². The molecule has 31 heavy (non-hydrogen) atoms. The van der Waals surface area contributed by atoms with Crippen LogP contribution in [0.25, 0.3) is 0 Å². The zero-order chi connectivity index (χ0) is 22.1. The number of methoxy groups -OCH3 is 1. The number of rotatable bonds is 7. The van der Waals surface area contributed by atoms with Gasteiger partial charge in [0, 0.05) is 24.9 Å². The van der Waals surface area contributed by atoms with Crippen LogP contribution >= 0.6 is 0 Å². The fourth-order valence-electron chi connectivity index (χ4n) is 4.69. The number of benzene rings is 3. The second-order valence-corrected chi connectivity index (χ2v) is 10.3. The molecule has 3 aromatic carbocycles. The van der Waals surface area contributed by atoms with E-state index in [2.05, 4.69) is 29.2 Å².